The number of benzene rings is 1. The second-order valence-electron chi connectivity index (χ2n) is 11.2. The largest absolute Gasteiger partial charge is 0.354 e. The number of fused-ring (bicyclic) bond motifs is 1. The lowest BCUT2D eigenvalue weighted by atomic mass is 9.99. The molecule has 1 aromatic carbocycles. The van der Waals surface area contributed by atoms with Crippen molar-refractivity contribution in [3.05, 3.63) is 93.7 Å². The van der Waals surface area contributed by atoms with Crippen molar-refractivity contribution in [2.24, 2.45) is 0 Å². The molecule has 4 heterocycles. The van der Waals surface area contributed by atoms with Crippen LogP contribution in [0.25, 0.3) is 22.0 Å². The summed E-state index contributed by atoms with van der Waals surface area (Å²) in [5, 5.41) is 3.44. The van der Waals surface area contributed by atoms with Crippen molar-refractivity contribution in [3.8, 4) is 11.1 Å². The van der Waals surface area contributed by atoms with Gasteiger partial charge in [0.25, 0.3) is 11.5 Å². The highest BCUT2D eigenvalue weighted by atomic mass is 32.2. The number of nitrogens with one attached hydrogen (secondary N) is 2. The topological polar surface area (TPSA) is 120 Å². The van der Waals surface area contributed by atoms with Crippen LogP contribution in [-0.4, -0.2) is 72.1 Å². The molecule has 2 N–H and O–H groups in total. The predicted octanol–water partition coefficient (Wildman–Crippen LogP) is 3.75. The molecule has 1 aliphatic heterocycles. The van der Waals surface area contributed by atoms with E-state index in [2.05, 4.69) is 33.7 Å². The van der Waals surface area contributed by atoms with E-state index in [0.29, 0.717) is 39.6 Å². The van der Waals surface area contributed by atoms with Gasteiger partial charge in [0.15, 0.2) is 0 Å². The SMILES string of the molecule is C=CCCS(=O)(=O)n1cc(C)c2c(C(=O)NCc3c(C)cc(C)[nH]c3=O)cc(-c3ccc(N4CCN(C)CC4)nc3)cc21. The number of anilines is 1. The maximum atomic E-state index is 13.8. The fraction of sp³-hybridized carbons (Fsp3) is 0.344. The summed E-state index contributed by atoms with van der Waals surface area (Å²) in [6.07, 6.45) is 5.20. The number of H-pyrrole nitrogens is 1. The van der Waals surface area contributed by atoms with Gasteiger partial charge in [0.05, 0.1) is 11.3 Å². The molecule has 1 fully saturated rings. The van der Waals surface area contributed by atoms with Crippen molar-refractivity contribution in [1.29, 1.82) is 0 Å². The summed E-state index contributed by atoms with van der Waals surface area (Å²) in [4.78, 5) is 38.3. The quantitative estimate of drug-likeness (QED) is 0.280. The molecule has 0 unspecified atom stereocenters. The first-order valence-electron chi connectivity index (χ1n) is 14.4. The lowest BCUT2D eigenvalue weighted by Crippen LogP contribution is -2.44. The predicted molar refractivity (Wildman–Crippen MR) is 171 cm³/mol. The Morgan fingerprint density at radius 2 is 1.81 bits per heavy atom. The summed E-state index contributed by atoms with van der Waals surface area (Å²) < 4.78 is 28.0. The van der Waals surface area contributed by atoms with Gasteiger partial charge in [-0.25, -0.2) is 17.4 Å². The molecule has 0 saturated carbocycles. The minimum atomic E-state index is -3.72. The van der Waals surface area contributed by atoms with Crippen molar-refractivity contribution in [2.75, 3.05) is 43.9 Å². The number of aryl methyl sites for hydroxylation is 3. The Balaban J connectivity index is 1.57. The van der Waals surface area contributed by atoms with Crippen LogP contribution in [0.2, 0.25) is 0 Å². The van der Waals surface area contributed by atoms with E-state index in [1.54, 1.807) is 37.5 Å². The fourth-order valence-electron chi connectivity index (χ4n) is 5.58. The van der Waals surface area contributed by atoms with Crippen molar-refractivity contribution in [3.63, 3.8) is 0 Å². The van der Waals surface area contributed by atoms with Gasteiger partial charge in [-0.2, -0.15) is 0 Å². The minimum Gasteiger partial charge on any atom is -0.354 e. The van der Waals surface area contributed by atoms with Gasteiger partial charge in [-0.15, -0.1) is 6.58 Å². The maximum absolute atomic E-state index is 13.8. The highest BCUT2D eigenvalue weighted by Gasteiger charge is 2.23. The Kier molecular flexibility index (Phi) is 8.57. The Hall–Kier alpha value is -4.22. The number of carbonyl (C=O) groups excluding carboxylic acids is 1. The van der Waals surface area contributed by atoms with Gasteiger partial charge >= 0.3 is 0 Å². The number of piperazine rings is 1. The average Bonchev–Trinajstić information content (AvgIpc) is 3.32. The smallest absolute Gasteiger partial charge is 0.253 e. The van der Waals surface area contributed by atoms with Crippen molar-refractivity contribution in [1.82, 2.24) is 24.2 Å². The third kappa shape index (κ3) is 6.28. The molecule has 0 aliphatic carbocycles. The lowest BCUT2D eigenvalue weighted by Gasteiger charge is -2.33. The molecule has 43 heavy (non-hydrogen) atoms. The monoisotopic (exact) mass is 602 g/mol. The van der Waals surface area contributed by atoms with Crippen LogP contribution in [0.5, 0.6) is 0 Å². The minimum absolute atomic E-state index is 0.0324. The zero-order valence-electron chi connectivity index (χ0n) is 25.1. The Labute approximate surface area is 252 Å². The van der Waals surface area contributed by atoms with Crippen molar-refractivity contribution >= 4 is 32.7 Å². The maximum Gasteiger partial charge on any atom is 0.253 e. The molecule has 0 atom stereocenters. The van der Waals surface area contributed by atoms with Crippen LogP contribution in [0.3, 0.4) is 0 Å². The number of aromatic amines is 1. The van der Waals surface area contributed by atoms with E-state index < -0.39 is 15.9 Å². The molecular weight excluding hydrogens is 564 g/mol. The molecule has 0 radical (unpaired) electrons. The second kappa shape index (κ2) is 12.2. The molecule has 1 amide bonds. The number of pyridine rings is 2. The van der Waals surface area contributed by atoms with Crippen LogP contribution in [0, 0.1) is 20.8 Å². The molecular formula is C32H38N6O4S. The lowest BCUT2D eigenvalue weighted by molar-refractivity contribution is 0.0952. The number of hydrogen-bond acceptors (Lipinski definition) is 7. The van der Waals surface area contributed by atoms with Gasteiger partial charge in [0, 0.05) is 72.9 Å². The Bertz CT molecular complexity index is 1850. The van der Waals surface area contributed by atoms with Gasteiger partial charge in [0.2, 0.25) is 10.0 Å². The zero-order chi connectivity index (χ0) is 30.9. The normalized spacial score (nSPS) is 14.3. The molecule has 1 aliphatic rings. The highest BCUT2D eigenvalue weighted by Crippen LogP contribution is 2.33. The molecule has 0 spiro atoms. The standard InChI is InChI=1S/C32H38N6O4S/c1-6-7-14-43(41,42)38-20-22(3)30-26(31(39)34-19-27-21(2)15-23(4)35-32(27)40)16-25(17-28(30)38)24-8-9-29(33-18-24)37-12-10-36(5)11-13-37/h6,8-9,15-18,20H,1,7,10-14,19H2,2-5H3,(H,34,39)(H,35,40). The van der Waals surface area contributed by atoms with Gasteiger partial charge < -0.3 is 20.1 Å². The van der Waals surface area contributed by atoms with Crippen LogP contribution in [0.15, 0.2) is 60.2 Å². The molecule has 4 aromatic rings. The van der Waals surface area contributed by atoms with Crippen LogP contribution in [0.1, 0.15) is 39.2 Å². The molecule has 5 rings (SSSR count). The number of allylic oxidation sites excluding steroid dienone is 1. The van der Waals surface area contributed by atoms with Crippen LogP contribution in [0.4, 0.5) is 5.82 Å². The molecule has 226 valence electrons. The molecule has 10 nitrogen and oxygen atoms in total. The van der Waals surface area contributed by atoms with Gasteiger partial charge in [-0.05, 0) is 81.3 Å². The second-order valence-corrected chi connectivity index (χ2v) is 13.2. The number of aromatic nitrogens is 3. The van der Waals surface area contributed by atoms with E-state index in [0.717, 1.165) is 48.8 Å². The van der Waals surface area contributed by atoms with Crippen LogP contribution >= 0.6 is 0 Å². The van der Waals surface area contributed by atoms with Crippen LogP contribution in [-0.2, 0) is 16.6 Å². The molecule has 1 saturated heterocycles. The first kappa shape index (κ1) is 30.2. The Morgan fingerprint density at radius 1 is 1.07 bits per heavy atom. The summed E-state index contributed by atoms with van der Waals surface area (Å²) in [6, 6.07) is 9.34. The van der Waals surface area contributed by atoms with Crippen LogP contribution < -0.4 is 15.8 Å². The number of nitrogens with zero attached hydrogens (tertiary/aromatic N) is 4. The third-order valence-corrected chi connectivity index (χ3v) is 9.67. The van der Waals surface area contributed by atoms with E-state index in [1.807, 2.05) is 32.0 Å². The number of hydrogen-bond donors (Lipinski definition) is 2. The highest BCUT2D eigenvalue weighted by molar-refractivity contribution is 7.90. The van der Waals surface area contributed by atoms with E-state index in [9.17, 15) is 18.0 Å². The van der Waals surface area contributed by atoms with E-state index in [1.165, 1.54) is 3.97 Å². The molecule has 11 heteroatoms. The molecule has 3 aromatic heterocycles. The van der Waals surface area contributed by atoms with Crippen molar-refractivity contribution in [2.45, 2.75) is 33.7 Å². The van der Waals surface area contributed by atoms with E-state index >= 15 is 0 Å². The van der Waals surface area contributed by atoms with Gasteiger partial charge in [-0.3, -0.25) is 9.59 Å². The molecule has 0 bridgehead atoms. The summed E-state index contributed by atoms with van der Waals surface area (Å²) in [5.41, 5.74) is 4.56. The third-order valence-electron chi connectivity index (χ3n) is 8.01. The van der Waals surface area contributed by atoms with Gasteiger partial charge in [0.1, 0.15) is 5.82 Å². The summed E-state index contributed by atoms with van der Waals surface area (Å²) in [7, 11) is -1.62. The van der Waals surface area contributed by atoms with E-state index in [-0.39, 0.29) is 17.9 Å². The van der Waals surface area contributed by atoms with E-state index in [4.69, 9.17) is 4.98 Å². The number of rotatable bonds is 9. The number of carbonyl (C=O) groups is 1. The fourth-order valence-corrected chi connectivity index (χ4v) is 7.00. The summed E-state index contributed by atoms with van der Waals surface area (Å²) >= 11 is 0. The summed E-state index contributed by atoms with van der Waals surface area (Å²) in [6.45, 7) is 12.8. The number of amides is 1. The van der Waals surface area contributed by atoms with Gasteiger partial charge in [-0.1, -0.05) is 6.08 Å². The first-order chi connectivity index (χ1) is 20.5. The summed E-state index contributed by atoms with van der Waals surface area (Å²) in [5.74, 6) is 0.362. The first-order valence-corrected chi connectivity index (χ1v) is 16.0. The van der Waals surface area contributed by atoms with Crippen molar-refractivity contribution < 1.29 is 13.2 Å². The zero-order valence-corrected chi connectivity index (χ0v) is 25.9. The Morgan fingerprint density at radius 3 is 2.47 bits per heavy atom. The average molecular weight is 603 g/mol. The number of likely N-dealkylation sites (N-methyl/N-ethyl adjacent to an activating group) is 1.